The summed E-state index contributed by atoms with van der Waals surface area (Å²) >= 11 is 6.41. The second-order valence-corrected chi connectivity index (χ2v) is 10.6. The lowest BCUT2D eigenvalue weighted by atomic mass is 9.83. The van der Waals surface area contributed by atoms with Gasteiger partial charge in [-0.15, -0.1) is 8.78 Å². The number of fused-ring (bicyclic) bond motifs is 2. The van der Waals surface area contributed by atoms with Crippen molar-refractivity contribution in [2.45, 2.75) is 45.0 Å². The van der Waals surface area contributed by atoms with Crippen molar-refractivity contribution >= 4 is 29.3 Å². The standard InChI is InChI=1S/C27H23ClF2N2O6/c1-25(2,3)38-23(33)15-7-5-6-14(10-15)22-17(28)8-9-21(31-22)32-24(34)26(4)13-35-18-12-20-19(11-16(18)26)36-27(29,30)37-20/h5-12H,13H2,1-4H3,(H,31,32,34)/t26-/m0/s1. The maximum atomic E-state index is 13.5. The average molecular weight is 545 g/mol. The van der Waals surface area contributed by atoms with E-state index in [0.717, 1.165) is 0 Å². The molecule has 8 nitrogen and oxygen atoms in total. The zero-order valence-electron chi connectivity index (χ0n) is 20.9. The van der Waals surface area contributed by atoms with Crippen molar-refractivity contribution in [2.24, 2.45) is 0 Å². The number of pyridine rings is 1. The summed E-state index contributed by atoms with van der Waals surface area (Å²) in [5.41, 5.74) is -0.316. The molecule has 3 heterocycles. The minimum atomic E-state index is -3.79. The second-order valence-electron chi connectivity index (χ2n) is 10.1. The summed E-state index contributed by atoms with van der Waals surface area (Å²) in [5.74, 6) is -0.895. The number of halogens is 3. The quantitative estimate of drug-likeness (QED) is 0.404. The number of ether oxygens (including phenoxy) is 4. The number of amides is 1. The van der Waals surface area contributed by atoms with Crippen molar-refractivity contribution in [3.05, 3.63) is 64.7 Å². The number of hydrogen-bond donors (Lipinski definition) is 1. The highest BCUT2D eigenvalue weighted by atomic mass is 35.5. The zero-order chi connectivity index (χ0) is 27.5. The molecule has 0 aliphatic carbocycles. The van der Waals surface area contributed by atoms with Gasteiger partial charge in [0.25, 0.3) is 0 Å². The molecular formula is C27H23ClF2N2O6. The van der Waals surface area contributed by atoms with Crippen molar-refractivity contribution in [1.82, 2.24) is 4.98 Å². The van der Waals surface area contributed by atoms with Crippen LogP contribution < -0.4 is 19.5 Å². The molecule has 1 atom stereocenters. The predicted octanol–water partition coefficient (Wildman–Crippen LogP) is 5.97. The largest absolute Gasteiger partial charge is 0.586 e. The van der Waals surface area contributed by atoms with E-state index in [9.17, 15) is 18.4 Å². The van der Waals surface area contributed by atoms with E-state index in [1.807, 2.05) is 0 Å². The Labute approximate surface area is 221 Å². The summed E-state index contributed by atoms with van der Waals surface area (Å²) < 4.78 is 47.1. The first kappa shape index (κ1) is 25.7. The van der Waals surface area contributed by atoms with E-state index in [4.69, 9.17) is 21.1 Å². The van der Waals surface area contributed by atoms with Crippen LogP contribution in [0, 0.1) is 0 Å². The molecule has 198 valence electrons. The Hall–Kier alpha value is -3.92. The van der Waals surface area contributed by atoms with E-state index < -0.39 is 29.2 Å². The fourth-order valence-electron chi connectivity index (χ4n) is 4.11. The first-order valence-corrected chi connectivity index (χ1v) is 12.0. The van der Waals surface area contributed by atoms with Crippen molar-refractivity contribution in [3.8, 4) is 28.5 Å². The minimum absolute atomic E-state index is 0.0359. The van der Waals surface area contributed by atoms with Crippen LogP contribution in [-0.2, 0) is 14.9 Å². The van der Waals surface area contributed by atoms with E-state index in [0.29, 0.717) is 27.4 Å². The normalized spacial score (nSPS) is 18.9. The highest BCUT2D eigenvalue weighted by Gasteiger charge is 2.49. The predicted molar refractivity (Wildman–Crippen MR) is 134 cm³/mol. The van der Waals surface area contributed by atoms with Crippen molar-refractivity contribution in [3.63, 3.8) is 0 Å². The molecule has 0 saturated heterocycles. The lowest BCUT2D eigenvalue weighted by Gasteiger charge is -2.22. The summed E-state index contributed by atoms with van der Waals surface area (Å²) in [6, 6.07) is 12.3. The topological polar surface area (TPSA) is 96.0 Å². The third-order valence-electron chi connectivity index (χ3n) is 5.97. The summed E-state index contributed by atoms with van der Waals surface area (Å²) in [7, 11) is 0. The molecule has 0 bridgehead atoms. The molecule has 0 spiro atoms. The average Bonchev–Trinajstić information content (AvgIpc) is 3.32. The van der Waals surface area contributed by atoms with Gasteiger partial charge in [0.05, 0.1) is 16.3 Å². The summed E-state index contributed by atoms with van der Waals surface area (Å²) in [6.07, 6.45) is -3.79. The van der Waals surface area contributed by atoms with Gasteiger partial charge in [0.2, 0.25) is 5.91 Å². The van der Waals surface area contributed by atoms with Gasteiger partial charge in [0.1, 0.15) is 29.2 Å². The monoisotopic (exact) mass is 544 g/mol. The summed E-state index contributed by atoms with van der Waals surface area (Å²) in [4.78, 5) is 30.4. The smallest absolute Gasteiger partial charge is 0.492 e. The Kier molecular flexibility index (Phi) is 5.98. The molecule has 0 fully saturated rings. The second kappa shape index (κ2) is 8.83. The van der Waals surface area contributed by atoms with Gasteiger partial charge in [-0.3, -0.25) is 4.79 Å². The Morgan fingerprint density at radius 1 is 1.05 bits per heavy atom. The number of nitrogens with one attached hydrogen (secondary N) is 1. The lowest BCUT2D eigenvalue weighted by Crippen LogP contribution is -2.39. The van der Waals surface area contributed by atoms with Crippen LogP contribution in [0.5, 0.6) is 17.2 Å². The van der Waals surface area contributed by atoms with Crippen LogP contribution in [0.1, 0.15) is 43.6 Å². The number of esters is 1. The SMILES string of the molecule is CC(C)(C)OC(=O)c1cccc(-c2nc(NC(=O)[C@@]3(C)COc4cc5c(cc43)OC(F)(F)O5)ccc2Cl)c1. The van der Waals surface area contributed by atoms with Crippen LogP contribution in [0.2, 0.25) is 5.02 Å². The summed E-state index contributed by atoms with van der Waals surface area (Å²) in [6.45, 7) is 6.91. The van der Waals surface area contributed by atoms with Gasteiger partial charge in [0.15, 0.2) is 11.5 Å². The van der Waals surface area contributed by atoms with Gasteiger partial charge < -0.3 is 24.3 Å². The van der Waals surface area contributed by atoms with Crippen LogP contribution in [0.15, 0.2) is 48.5 Å². The fourth-order valence-corrected chi connectivity index (χ4v) is 4.33. The van der Waals surface area contributed by atoms with E-state index >= 15 is 0 Å². The maximum Gasteiger partial charge on any atom is 0.586 e. The third-order valence-corrected chi connectivity index (χ3v) is 6.28. The van der Waals surface area contributed by atoms with Crippen LogP contribution >= 0.6 is 11.6 Å². The molecule has 2 aromatic carbocycles. The van der Waals surface area contributed by atoms with Crippen molar-refractivity contribution < 1.29 is 37.3 Å². The lowest BCUT2D eigenvalue weighted by molar-refractivity contribution is -0.286. The van der Waals surface area contributed by atoms with Gasteiger partial charge in [0, 0.05) is 17.2 Å². The fraction of sp³-hybridized carbons (Fsp3) is 0.296. The molecule has 0 radical (unpaired) electrons. The van der Waals surface area contributed by atoms with Crippen molar-refractivity contribution in [2.75, 3.05) is 11.9 Å². The van der Waals surface area contributed by atoms with Crippen LogP contribution in [0.3, 0.4) is 0 Å². The van der Waals surface area contributed by atoms with Gasteiger partial charge in [-0.2, -0.15) is 0 Å². The number of anilines is 1. The van der Waals surface area contributed by atoms with E-state index in [1.54, 1.807) is 58.0 Å². The Morgan fingerprint density at radius 2 is 1.76 bits per heavy atom. The van der Waals surface area contributed by atoms with Crippen LogP contribution in [0.4, 0.5) is 14.6 Å². The highest BCUT2D eigenvalue weighted by molar-refractivity contribution is 6.33. The van der Waals surface area contributed by atoms with E-state index in [2.05, 4.69) is 19.8 Å². The molecule has 0 unspecified atom stereocenters. The Bertz CT molecular complexity index is 1470. The number of carbonyl (C=O) groups excluding carboxylic acids is 2. The van der Waals surface area contributed by atoms with E-state index in [1.165, 1.54) is 18.2 Å². The molecule has 11 heteroatoms. The number of aromatic nitrogens is 1. The summed E-state index contributed by atoms with van der Waals surface area (Å²) in [5, 5.41) is 3.06. The van der Waals surface area contributed by atoms with Crippen molar-refractivity contribution in [1.29, 1.82) is 0 Å². The zero-order valence-corrected chi connectivity index (χ0v) is 21.6. The van der Waals surface area contributed by atoms with Crippen LogP contribution in [0.25, 0.3) is 11.3 Å². The Balaban J connectivity index is 1.40. The molecular weight excluding hydrogens is 522 g/mol. The highest BCUT2D eigenvalue weighted by Crippen LogP contribution is 2.50. The molecule has 5 rings (SSSR count). The maximum absolute atomic E-state index is 13.5. The number of nitrogens with zero attached hydrogens (tertiary/aromatic N) is 1. The molecule has 1 amide bonds. The first-order valence-electron chi connectivity index (χ1n) is 11.6. The molecule has 0 saturated carbocycles. The molecule has 1 aromatic heterocycles. The van der Waals surface area contributed by atoms with Gasteiger partial charge in [-0.05, 0) is 58.0 Å². The Morgan fingerprint density at radius 3 is 2.47 bits per heavy atom. The van der Waals surface area contributed by atoms with Gasteiger partial charge >= 0.3 is 12.3 Å². The van der Waals surface area contributed by atoms with Crippen LogP contribution in [-0.4, -0.2) is 35.4 Å². The minimum Gasteiger partial charge on any atom is -0.492 e. The molecule has 3 aromatic rings. The van der Waals surface area contributed by atoms with Gasteiger partial charge in [-0.1, -0.05) is 23.7 Å². The molecule has 38 heavy (non-hydrogen) atoms. The number of benzene rings is 2. The number of alkyl halides is 2. The molecule has 1 N–H and O–H groups in total. The number of carbonyl (C=O) groups is 2. The molecule has 2 aliphatic rings. The third kappa shape index (κ3) is 4.83. The first-order chi connectivity index (χ1) is 17.7. The van der Waals surface area contributed by atoms with E-state index in [-0.39, 0.29) is 29.7 Å². The number of hydrogen-bond acceptors (Lipinski definition) is 7. The molecule has 2 aliphatic heterocycles. The van der Waals surface area contributed by atoms with Gasteiger partial charge in [-0.25, -0.2) is 9.78 Å². The number of rotatable bonds is 4.